The zero-order valence-electron chi connectivity index (χ0n) is 21.3. The Morgan fingerprint density at radius 2 is 1.79 bits per heavy atom. The van der Waals surface area contributed by atoms with Crippen LogP contribution in [0.1, 0.15) is 19.4 Å². The van der Waals surface area contributed by atoms with Gasteiger partial charge in [0.15, 0.2) is 23.0 Å². The average molecular weight is 545 g/mol. The van der Waals surface area contributed by atoms with Crippen LogP contribution < -0.4 is 28.6 Å². The molecule has 0 aliphatic carbocycles. The first-order chi connectivity index (χ1) is 18.2. The number of hydrogen-bond donors (Lipinski definition) is 1. The van der Waals surface area contributed by atoms with Gasteiger partial charge >= 0.3 is 0 Å². The Balaban J connectivity index is 1.55. The van der Waals surface area contributed by atoms with Crippen molar-refractivity contribution in [2.45, 2.75) is 31.4 Å². The normalized spacial score (nSPS) is 12.7. The quantitative estimate of drug-likeness (QED) is 0.413. The van der Waals surface area contributed by atoms with Crippen molar-refractivity contribution in [3.63, 3.8) is 0 Å². The molecule has 0 bridgehead atoms. The van der Waals surface area contributed by atoms with Crippen molar-refractivity contribution in [1.29, 1.82) is 0 Å². The summed E-state index contributed by atoms with van der Waals surface area (Å²) in [6.07, 6.45) is -0.0422. The third-order valence-electron chi connectivity index (χ3n) is 5.57. The van der Waals surface area contributed by atoms with Crippen molar-refractivity contribution >= 4 is 21.6 Å². The number of benzene rings is 3. The number of ether oxygens (including phenoxy) is 4. The number of anilines is 1. The number of carbonyl (C=O) groups is 1. The standard InChI is InChI=1S/C27H29FN2O7S/c1-18(2)37-24-9-7-19(13-25(24)34-3)16-29-27(31)17-30(21-6-4-5-20(28)14-21)38(32,33)22-8-10-23-26(15-22)36-12-11-35-23/h4-10,13-15,18H,11-12,16-17H2,1-3H3,(H,29,31). The maximum absolute atomic E-state index is 14.1. The molecule has 38 heavy (non-hydrogen) atoms. The van der Waals surface area contributed by atoms with Gasteiger partial charge in [-0.05, 0) is 61.9 Å². The minimum absolute atomic E-state index is 0.00638. The predicted octanol–water partition coefficient (Wildman–Crippen LogP) is 3.90. The highest BCUT2D eigenvalue weighted by atomic mass is 32.2. The van der Waals surface area contributed by atoms with Crippen molar-refractivity contribution in [1.82, 2.24) is 5.32 Å². The highest BCUT2D eigenvalue weighted by Gasteiger charge is 2.29. The molecule has 9 nitrogen and oxygen atoms in total. The van der Waals surface area contributed by atoms with E-state index < -0.39 is 28.3 Å². The molecule has 0 saturated heterocycles. The summed E-state index contributed by atoms with van der Waals surface area (Å²) >= 11 is 0. The van der Waals surface area contributed by atoms with E-state index in [4.69, 9.17) is 18.9 Å². The van der Waals surface area contributed by atoms with Gasteiger partial charge in [0.25, 0.3) is 10.0 Å². The first-order valence-electron chi connectivity index (χ1n) is 12.0. The summed E-state index contributed by atoms with van der Waals surface area (Å²) in [4.78, 5) is 12.8. The third kappa shape index (κ3) is 6.28. The third-order valence-corrected chi connectivity index (χ3v) is 7.34. The summed E-state index contributed by atoms with van der Waals surface area (Å²) in [5, 5.41) is 2.72. The molecule has 0 aromatic heterocycles. The van der Waals surface area contributed by atoms with E-state index in [9.17, 15) is 17.6 Å². The van der Waals surface area contributed by atoms with Gasteiger partial charge in [0, 0.05) is 12.6 Å². The van der Waals surface area contributed by atoms with Crippen LogP contribution in [0.4, 0.5) is 10.1 Å². The van der Waals surface area contributed by atoms with Gasteiger partial charge in [0.1, 0.15) is 25.6 Å². The van der Waals surface area contributed by atoms with Crippen LogP contribution in [0.25, 0.3) is 0 Å². The molecule has 3 aromatic rings. The number of carbonyl (C=O) groups excluding carboxylic acids is 1. The molecule has 0 radical (unpaired) electrons. The summed E-state index contributed by atoms with van der Waals surface area (Å²) in [7, 11) is -2.76. The lowest BCUT2D eigenvalue weighted by Crippen LogP contribution is -2.40. The lowest BCUT2D eigenvalue weighted by Gasteiger charge is -2.25. The predicted molar refractivity (Wildman–Crippen MR) is 139 cm³/mol. The second-order valence-electron chi connectivity index (χ2n) is 8.73. The smallest absolute Gasteiger partial charge is 0.264 e. The van der Waals surface area contributed by atoms with Crippen molar-refractivity contribution in [3.05, 3.63) is 72.0 Å². The topological polar surface area (TPSA) is 103 Å². The highest BCUT2D eigenvalue weighted by Crippen LogP contribution is 2.34. The molecule has 1 aliphatic heterocycles. The molecule has 1 amide bonds. The van der Waals surface area contributed by atoms with Crippen LogP contribution in [-0.4, -0.2) is 47.3 Å². The first kappa shape index (κ1) is 27.1. The summed E-state index contributed by atoms with van der Waals surface area (Å²) in [5.74, 6) is 0.552. The Labute approximate surface area is 221 Å². The fourth-order valence-corrected chi connectivity index (χ4v) is 5.25. The van der Waals surface area contributed by atoms with Gasteiger partial charge < -0.3 is 24.3 Å². The van der Waals surface area contributed by atoms with E-state index in [2.05, 4.69) is 5.32 Å². The first-order valence-corrected chi connectivity index (χ1v) is 13.4. The van der Waals surface area contributed by atoms with Crippen LogP contribution in [0.5, 0.6) is 23.0 Å². The number of hydrogen-bond acceptors (Lipinski definition) is 7. The molecule has 0 unspecified atom stereocenters. The van der Waals surface area contributed by atoms with Gasteiger partial charge in [-0.25, -0.2) is 12.8 Å². The molecular formula is C27H29FN2O7S. The molecule has 4 rings (SSSR count). The molecule has 1 N–H and O–H groups in total. The Morgan fingerprint density at radius 1 is 1.03 bits per heavy atom. The SMILES string of the molecule is COc1cc(CNC(=O)CN(c2cccc(F)c2)S(=O)(=O)c2ccc3c(c2)OCCO3)ccc1OC(C)C. The molecule has 0 fully saturated rings. The van der Waals surface area contributed by atoms with Gasteiger partial charge in [0.05, 0.1) is 23.8 Å². The molecule has 11 heteroatoms. The number of nitrogens with one attached hydrogen (secondary N) is 1. The van der Waals surface area contributed by atoms with Gasteiger partial charge in [-0.1, -0.05) is 12.1 Å². The summed E-state index contributed by atoms with van der Waals surface area (Å²) in [5.41, 5.74) is 0.727. The Kier molecular flexibility index (Phi) is 8.26. The lowest BCUT2D eigenvalue weighted by atomic mass is 10.2. The molecule has 0 spiro atoms. The van der Waals surface area contributed by atoms with Crippen LogP contribution in [0, 0.1) is 5.82 Å². The molecule has 3 aromatic carbocycles. The summed E-state index contributed by atoms with van der Waals surface area (Å²) in [6, 6.07) is 14.5. The zero-order valence-corrected chi connectivity index (χ0v) is 22.1. The summed E-state index contributed by atoms with van der Waals surface area (Å²) < 4.78 is 64.3. The number of rotatable bonds is 10. The lowest BCUT2D eigenvalue weighted by molar-refractivity contribution is -0.119. The van der Waals surface area contributed by atoms with Crippen LogP contribution in [0.2, 0.25) is 0 Å². The van der Waals surface area contributed by atoms with Crippen LogP contribution in [0.3, 0.4) is 0 Å². The van der Waals surface area contributed by atoms with Crippen LogP contribution in [-0.2, 0) is 21.4 Å². The van der Waals surface area contributed by atoms with E-state index in [1.54, 1.807) is 18.2 Å². The average Bonchev–Trinajstić information content (AvgIpc) is 2.90. The van der Waals surface area contributed by atoms with Gasteiger partial charge in [-0.3, -0.25) is 9.10 Å². The second kappa shape index (κ2) is 11.6. The maximum atomic E-state index is 14.1. The molecule has 1 heterocycles. The maximum Gasteiger partial charge on any atom is 0.264 e. The van der Waals surface area contributed by atoms with Gasteiger partial charge in [0.2, 0.25) is 5.91 Å². The van der Waals surface area contributed by atoms with E-state index in [0.717, 1.165) is 15.9 Å². The van der Waals surface area contributed by atoms with E-state index in [1.807, 2.05) is 13.8 Å². The van der Waals surface area contributed by atoms with Crippen molar-refractivity contribution in [2.24, 2.45) is 0 Å². The Morgan fingerprint density at radius 3 is 2.50 bits per heavy atom. The van der Waals surface area contributed by atoms with E-state index in [1.165, 1.54) is 43.5 Å². The number of nitrogens with zero attached hydrogens (tertiary/aromatic N) is 1. The zero-order chi connectivity index (χ0) is 27.3. The van der Waals surface area contributed by atoms with E-state index >= 15 is 0 Å². The Hall–Kier alpha value is -3.99. The molecule has 0 atom stereocenters. The van der Waals surface area contributed by atoms with Crippen molar-refractivity contribution in [2.75, 3.05) is 31.2 Å². The number of methoxy groups -OCH3 is 1. The van der Waals surface area contributed by atoms with Crippen LogP contribution in [0.15, 0.2) is 65.6 Å². The molecular weight excluding hydrogens is 515 g/mol. The minimum atomic E-state index is -4.28. The van der Waals surface area contributed by atoms with E-state index in [0.29, 0.717) is 23.9 Å². The highest BCUT2D eigenvalue weighted by molar-refractivity contribution is 7.92. The fourth-order valence-electron chi connectivity index (χ4n) is 3.82. The molecule has 0 saturated carbocycles. The van der Waals surface area contributed by atoms with Crippen molar-refractivity contribution < 1.29 is 36.6 Å². The molecule has 1 aliphatic rings. The van der Waals surface area contributed by atoms with Crippen molar-refractivity contribution in [3.8, 4) is 23.0 Å². The minimum Gasteiger partial charge on any atom is -0.493 e. The Bertz CT molecular complexity index is 1410. The van der Waals surface area contributed by atoms with Gasteiger partial charge in [-0.15, -0.1) is 0 Å². The number of halogens is 1. The number of amides is 1. The second-order valence-corrected chi connectivity index (χ2v) is 10.6. The largest absolute Gasteiger partial charge is 0.493 e. The molecule has 202 valence electrons. The summed E-state index contributed by atoms with van der Waals surface area (Å²) in [6.45, 7) is 3.97. The number of fused-ring (bicyclic) bond motifs is 1. The fraction of sp³-hybridized carbons (Fsp3) is 0.296. The number of sulfonamides is 1. The van der Waals surface area contributed by atoms with Gasteiger partial charge in [-0.2, -0.15) is 0 Å². The monoisotopic (exact) mass is 544 g/mol. The van der Waals surface area contributed by atoms with Crippen LogP contribution >= 0.6 is 0 Å². The van der Waals surface area contributed by atoms with E-state index in [-0.39, 0.29) is 35.6 Å².